The fraction of sp³-hybridized carbons (Fsp3) is 0.188. The summed E-state index contributed by atoms with van der Waals surface area (Å²) in [6, 6.07) is 17.6. The van der Waals surface area contributed by atoms with Crippen molar-refractivity contribution >= 4 is 17.7 Å². The molecule has 2 aromatic rings. The van der Waals surface area contributed by atoms with Gasteiger partial charge in [-0.3, -0.25) is 4.79 Å². The Balaban J connectivity index is 2.13. The lowest BCUT2D eigenvalue weighted by atomic mass is 10.0. The molecule has 2 aromatic carbocycles. The maximum Gasteiger partial charge on any atom is 0.317 e. The summed E-state index contributed by atoms with van der Waals surface area (Å²) in [4.78, 5) is 12.4. The molecule has 1 atom stereocenters. The molecule has 0 unspecified atom stereocenters. The molecule has 0 saturated heterocycles. The molecule has 0 heterocycles. The van der Waals surface area contributed by atoms with Crippen molar-refractivity contribution in [2.24, 2.45) is 0 Å². The molecule has 2 nitrogen and oxygen atoms in total. The predicted molar refractivity (Wildman–Crippen MR) is 78.6 cm³/mol. The second-order valence-electron chi connectivity index (χ2n) is 4.39. The molecule has 0 saturated carbocycles. The molecule has 0 amide bonds. The third-order valence-corrected chi connectivity index (χ3v) is 4.16. The van der Waals surface area contributed by atoms with E-state index >= 15 is 0 Å². The average Bonchev–Trinajstić information content (AvgIpc) is 2.41. The number of carboxylic acid groups (broad SMARTS) is 1. The number of thioether (sulfide) groups is 1. The minimum atomic E-state index is -0.767. The summed E-state index contributed by atoms with van der Waals surface area (Å²) in [5, 5.41) is 8.91. The van der Waals surface area contributed by atoms with Crippen LogP contribution in [0.1, 0.15) is 11.1 Å². The zero-order chi connectivity index (χ0) is 13.7. The molecule has 0 radical (unpaired) electrons. The maximum absolute atomic E-state index is 11.4. The van der Waals surface area contributed by atoms with Crippen molar-refractivity contribution in [3.63, 3.8) is 0 Å². The van der Waals surface area contributed by atoms with Crippen LogP contribution in [0.2, 0.25) is 0 Å². The lowest BCUT2D eigenvalue weighted by Crippen LogP contribution is -2.19. The third-order valence-electron chi connectivity index (χ3n) is 2.96. The van der Waals surface area contributed by atoms with E-state index in [1.54, 1.807) is 0 Å². The zero-order valence-electron chi connectivity index (χ0n) is 10.7. The van der Waals surface area contributed by atoms with E-state index in [1.807, 2.05) is 61.5 Å². The quantitative estimate of drug-likeness (QED) is 0.842. The Morgan fingerprint density at radius 1 is 1.11 bits per heavy atom. The highest BCUT2D eigenvalue weighted by Gasteiger charge is 2.20. The molecule has 0 aromatic heterocycles. The molecular formula is C16H16O2S. The average molecular weight is 272 g/mol. The lowest BCUT2D eigenvalue weighted by Gasteiger charge is -2.13. The van der Waals surface area contributed by atoms with Crippen LogP contribution in [0, 0.1) is 6.92 Å². The van der Waals surface area contributed by atoms with E-state index in [1.165, 1.54) is 11.8 Å². The number of carboxylic acids is 1. The monoisotopic (exact) mass is 272 g/mol. The Labute approximate surface area is 117 Å². The Kier molecular flexibility index (Phi) is 4.63. The van der Waals surface area contributed by atoms with Crippen LogP contribution in [0.25, 0.3) is 0 Å². The summed E-state index contributed by atoms with van der Waals surface area (Å²) < 4.78 is 0. The van der Waals surface area contributed by atoms with Gasteiger partial charge in [-0.15, -0.1) is 11.8 Å². The van der Waals surface area contributed by atoms with Crippen molar-refractivity contribution in [3.05, 3.63) is 65.7 Å². The summed E-state index contributed by atoms with van der Waals surface area (Å²) in [5.74, 6) is -0.767. The first-order chi connectivity index (χ1) is 9.16. The van der Waals surface area contributed by atoms with Gasteiger partial charge in [0.2, 0.25) is 0 Å². The number of rotatable bonds is 5. The van der Waals surface area contributed by atoms with Crippen LogP contribution in [0.3, 0.4) is 0 Å². The predicted octanol–water partition coefficient (Wildman–Crippen LogP) is 3.78. The molecular weight excluding hydrogens is 256 g/mol. The molecule has 0 aliphatic carbocycles. The molecule has 0 spiro atoms. The van der Waals surface area contributed by atoms with Crippen LogP contribution in [0.4, 0.5) is 0 Å². The minimum Gasteiger partial charge on any atom is -0.480 e. The number of aliphatic carboxylic acids is 1. The van der Waals surface area contributed by atoms with E-state index in [-0.39, 0.29) is 0 Å². The smallest absolute Gasteiger partial charge is 0.317 e. The van der Waals surface area contributed by atoms with E-state index in [9.17, 15) is 9.90 Å². The van der Waals surface area contributed by atoms with Crippen molar-refractivity contribution in [2.45, 2.75) is 23.5 Å². The van der Waals surface area contributed by atoms with Crippen molar-refractivity contribution in [2.75, 3.05) is 0 Å². The number of hydrogen-bond donors (Lipinski definition) is 1. The van der Waals surface area contributed by atoms with Gasteiger partial charge in [0.15, 0.2) is 0 Å². The van der Waals surface area contributed by atoms with Crippen molar-refractivity contribution < 1.29 is 9.90 Å². The highest BCUT2D eigenvalue weighted by Crippen LogP contribution is 2.26. The minimum absolute atomic E-state index is 0.455. The summed E-state index contributed by atoms with van der Waals surface area (Å²) in [6.07, 6.45) is 0.543. The highest BCUT2D eigenvalue weighted by molar-refractivity contribution is 8.00. The second kappa shape index (κ2) is 6.43. The fourth-order valence-corrected chi connectivity index (χ4v) is 2.89. The summed E-state index contributed by atoms with van der Waals surface area (Å²) in [5.41, 5.74) is 2.24. The van der Waals surface area contributed by atoms with Gasteiger partial charge in [-0.25, -0.2) is 0 Å². The van der Waals surface area contributed by atoms with Gasteiger partial charge in [0.05, 0.1) is 0 Å². The van der Waals surface area contributed by atoms with Gasteiger partial charge in [-0.1, -0.05) is 42.5 Å². The van der Waals surface area contributed by atoms with E-state index in [0.717, 1.165) is 16.0 Å². The lowest BCUT2D eigenvalue weighted by molar-refractivity contribution is -0.136. The molecule has 98 valence electrons. The Morgan fingerprint density at radius 2 is 1.74 bits per heavy atom. The van der Waals surface area contributed by atoms with Crippen LogP contribution >= 0.6 is 11.8 Å². The van der Waals surface area contributed by atoms with E-state index < -0.39 is 11.2 Å². The first-order valence-electron chi connectivity index (χ1n) is 6.16. The van der Waals surface area contributed by atoms with E-state index in [2.05, 4.69) is 0 Å². The molecule has 0 aliphatic heterocycles. The second-order valence-corrected chi connectivity index (χ2v) is 5.66. The van der Waals surface area contributed by atoms with Gasteiger partial charge >= 0.3 is 5.97 Å². The molecule has 0 aliphatic rings. The Hall–Kier alpha value is -1.74. The third kappa shape index (κ3) is 3.86. The molecule has 19 heavy (non-hydrogen) atoms. The summed E-state index contributed by atoms with van der Waals surface area (Å²) in [7, 11) is 0. The first-order valence-corrected chi connectivity index (χ1v) is 7.04. The zero-order valence-corrected chi connectivity index (χ0v) is 11.6. The Bertz CT molecular complexity index is 552. The SMILES string of the molecule is Cc1ccccc1C[C@H](Sc1ccccc1)C(=O)O. The van der Waals surface area contributed by atoms with Crippen LogP contribution in [-0.2, 0) is 11.2 Å². The molecule has 3 heteroatoms. The first kappa shape index (κ1) is 13.7. The largest absolute Gasteiger partial charge is 0.480 e. The van der Waals surface area contributed by atoms with Crippen LogP contribution in [0.5, 0.6) is 0 Å². The number of carbonyl (C=O) groups is 1. The highest BCUT2D eigenvalue weighted by atomic mass is 32.2. The van der Waals surface area contributed by atoms with Crippen molar-refractivity contribution in [1.82, 2.24) is 0 Å². The van der Waals surface area contributed by atoms with Gasteiger partial charge in [0.25, 0.3) is 0 Å². The van der Waals surface area contributed by atoms with Crippen LogP contribution in [-0.4, -0.2) is 16.3 Å². The fourth-order valence-electron chi connectivity index (χ4n) is 1.88. The summed E-state index contributed by atoms with van der Waals surface area (Å²) in [6.45, 7) is 2.02. The van der Waals surface area contributed by atoms with Crippen molar-refractivity contribution in [1.29, 1.82) is 0 Å². The molecule has 1 N–H and O–H groups in total. The van der Waals surface area contributed by atoms with Gasteiger partial charge in [0.1, 0.15) is 5.25 Å². The van der Waals surface area contributed by atoms with Gasteiger partial charge < -0.3 is 5.11 Å². The topological polar surface area (TPSA) is 37.3 Å². The van der Waals surface area contributed by atoms with Crippen molar-refractivity contribution in [3.8, 4) is 0 Å². The van der Waals surface area contributed by atoms with E-state index in [4.69, 9.17) is 0 Å². The Morgan fingerprint density at radius 3 is 2.37 bits per heavy atom. The van der Waals surface area contributed by atoms with Crippen LogP contribution < -0.4 is 0 Å². The van der Waals surface area contributed by atoms with E-state index in [0.29, 0.717) is 6.42 Å². The number of hydrogen-bond acceptors (Lipinski definition) is 2. The number of aryl methyl sites for hydroxylation is 1. The van der Waals surface area contributed by atoms with Gasteiger partial charge in [-0.2, -0.15) is 0 Å². The molecule has 0 fully saturated rings. The van der Waals surface area contributed by atoms with Crippen LogP contribution in [0.15, 0.2) is 59.5 Å². The standard InChI is InChI=1S/C16H16O2S/c1-12-7-5-6-8-13(12)11-15(16(17)18)19-14-9-3-2-4-10-14/h2-10,15H,11H2,1H3,(H,17,18)/t15-/m0/s1. The normalized spacial score (nSPS) is 12.1. The maximum atomic E-state index is 11.4. The summed E-state index contributed by atoms with van der Waals surface area (Å²) >= 11 is 1.40. The number of benzene rings is 2. The molecule has 2 rings (SSSR count). The molecule has 0 bridgehead atoms. The van der Waals surface area contributed by atoms with Gasteiger partial charge in [-0.05, 0) is 36.6 Å². The van der Waals surface area contributed by atoms with Gasteiger partial charge in [0, 0.05) is 4.90 Å².